The maximum Gasteiger partial charge on any atom is 0.159 e. The fraction of sp³-hybridized carbons (Fsp3) is 0.571. The Balaban J connectivity index is 1.75. The van der Waals surface area contributed by atoms with E-state index in [-0.39, 0.29) is 0 Å². The van der Waals surface area contributed by atoms with Gasteiger partial charge >= 0.3 is 0 Å². The van der Waals surface area contributed by atoms with Crippen molar-refractivity contribution in [2.75, 3.05) is 6.54 Å². The number of benzene rings is 1. The van der Waals surface area contributed by atoms with Crippen LogP contribution in [0.25, 0.3) is 0 Å². The van der Waals surface area contributed by atoms with Gasteiger partial charge in [-0.2, -0.15) is 0 Å². The topological polar surface area (TPSA) is 12.0 Å². The first-order valence-corrected chi connectivity index (χ1v) is 6.32. The predicted molar refractivity (Wildman–Crippen MR) is 64.9 cm³/mol. The minimum Gasteiger partial charge on any atom is -0.314 e. The zero-order chi connectivity index (χ0) is 12.3. The van der Waals surface area contributed by atoms with Gasteiger partial charge in [0.15, 0.2) is 11.6 Å². The number of rotatable bonds is 6. The first-order valence-electron chi connectivity index (χ1n) is 6.32. The van der Waals surface area contributed by atoms with Gasteiger partial charge in [0.05, 0.1) is 0 Å². The summed E-state index contributed by atoms with van der Waals surface area (Å²) < 4.78 is 25.8. The molecular formula is C14H19F2N. The van der Waals surface area contributed by atoms with E-state index in [1.807, 2.05) is 0 Å². The number of nitrogens with one attached hydrogen (secondary N) is 1. The highest BCUT2D eigenvalue weighted by atomic mass is 19.2. The summed E-state index contributed by atoms with van der Waals surface area (Å²) >= 11 is 0. The molecule has 1 aromatic carbocycles. The summed E-state index contributed by atoms with van der Waals surface area (Å²) in [6.07, 6.45) is 4.49. The lowest BCUT2D eigenvalue weighted by atomic mass is 9.98. The van der Waals surface area contributed by atoms with E-state index in [1.54, 1.807) is 6.07 Å². The van der Waals surface area contributed by atoms with Crippen molar-refractivity contribution in [1.82, 2.24) is 5.32 Å². The average molecular weight is 239 g/mol. The number of halogens is 2. The zero-order valence-electron chi connectivity index (χ0n) is 10.2. The first-order chi connectivity index (χ1) is 8.15. The van der Waals surface area contributed by atoms with E-state index < -0.39 is 11.6 Å². The van der Waals surface area contributed by atoms with E-state index in [2.05, 4.69) is 12.2 Å². The van der Waals surface area contributed by atoms with Gasteiger partial charge in [-0.1, -0.05) is 13.0 Å². The van der Waals surface area contributed by atoms with Crippen LogP contribution < -0.4 is 5.32 Å². The van der Waals surface area contributed by atoms with Gasteiger partial charge in [0, 0.05) is 6.04 Å². The Labute approximate surface area is 101 Å². The summed E-state index contributed by atoms with van der Waals surface area (Å²) in [7, 11) is 0. The molecule has 1 nitrogen and oxygen atoms in total. The molecule has 0 spiro atoms. The summed E-state index contributed by atoms with van der Waals surface area (Å²) in [5.74, 6) is -1.02. The van der Waals surface area contributed by atoms with Crippen molar-refractivity contribution in [2.45, 2.75) is 38.6 Å². The summed E-state index contributed by atoms with van der Waals surface area (Å²) in [5, 5.41) is 3.46. The lowest BCUT2D eigenvalue weighted by Gasteiger charge is -2.12. The Morgan fingerprint density at radius 1 is 1.29 bits per heavy atom. The quantitative estimate of drug-likeness (QED) is 0.803. The van der Waals surface area contributed by atoms with Gasteiger partial charge in [0.25, 0.3) is 0 Å². The Bertz CT molecular complexity index is 374. The van der Waals surface area contributed by atoms with Crippen LogP contribution in [0.1, 0.15) is 31.7 Å². The third-order valence-corrected chi connectivity index (χ3v) is 3.22. The molecule has 0 bridgehead atoms. The van der Waals surface area contributed by atoms with E-state index >= 15 is 0 Å². The molecule has 17 heavy (non-hydrogen) atoms. The summed E-state index contributed by atoms with van der Waals surface area (Å²) in [5.41, 5.74) is 0.878. The van der Waals surface area contributed by atoms with E-state index in [1.165, 1.54) is 25.0 Å². The lowest BCUT2D eigenvalue weighted by molar-refractivity contribution is 0.487. The zero-order valence-corrected chi connectivity index (χ0v) is 10.2. The van der Waals surface area contributed by atoms with Crippen LogP contribution in [-0.2, 0) is 6.42 Å². The second-order valence-corrected chi connectivity index (χ2v) is 5.07. The van der Waals surface area contributed by atoms with Crippen LogP contribution in [-0.4, -0.2) is 12.6 Å². The van der Waals surface area contributed by atoms with Crippen LogP contribution in [0.2, 0.25) is 0 Å². The van der Waals surface area contributed by atoms with Crippen LogP contribution in [0.5, 0.6) is 0 Å². The second-order valence-electron chi connectivity index (χ2n) is 5.07. The van der Waals surface area contributed by atoms with Crippen LogP contribution in [0.4, 0.5) is 8.78 Å². The van der Waals surface area contributed by atoms with Crippen LogP contribution in [0.15, 0.2) is 18.2 Å². The highest BCUT2D eigenvalue weighted by Crippen LogP contribution is 2.19. The summed E-state index contributed by atoms with van der Waals surface area (Å²) in [6, 6.07) is 4.92. The molecule has 0 radical (unpaired) electrons. The largest absolute Gasteiger partial charge is 0.314 e. The van der Waals surface area contributed by atoms with Gasteiger partial charge < -0.3 is 5.32 Å². The third kappa shape index (κ3) is 4.08. The van der Waals surface area contributed by atoms with Crippen molar-refractivity contribution in [2.24, 2.45) is 5.92 Å². The van der Waals surface area contributed by atoms with Crippen molar-refractivity contribution >= 4 is 0 Å². The Kier molecular flexibility index (Phi) is 4.11. The van der Waals surface area contributed by atoms with E-state index in [0.717, 1.165) is 31.0 Å². The highest BCUT2D eigenvalue weighted by molar-refractivity contribution is 5.18. The molecular weight excluding hydrogens is 220 g/mol. The first kappa shape index (κ1) is 12.5. The SMILES string of the molecule is CC(CCNC1CC1)Cc1ccc(F)c(F)c1. The van der Waals surface area contributed by atoms with E-state index in [4.69, 9.17) is 0 Å². The van der Waals surface area contributed by atoms with E-state index in [0.29, 0.717) is 5.92 Å². The molecule has 1 aromatic rings. The highest BCUT2D eigenvalue weighted by Gasteiger charge is 2.19. The number of hydrogen-bond acceptors (Lipinski definition) is 1. The second kappa shape index (κ2) is 5.58. The fourth-order valence-corrected chi connectivity index (χ4v) is 1.99. The molecule has 0 aromatic heterocycles. The molecule has 2 rings (SSSR count). The van der Waals surface area contributed by atoms with Crippen LogP contribution >= 0.6 is 0 Å². The molecule has 1 unspecified atom stereocenters. The maximum atomic E-state index is 13.0. The van der Waals surface area contributed by atoms with Crippen LogP contribution in [0.3, 0.4) is 0 Å². The molecule has 94 valence electrons. The Morgan fingerprint density at radius 2 is 2.06 bits per heavy atom. The van der Waals surface area contributed by atoms with Crippen molar-refractivity contribution in [1.29, 1.82) is 0 Å². The molecule has 1 aliphatic carbocycles. The van der Waals surface area contributed by atoms with Gasteiger partial charge in [-0.05, 0) is 55.8 Å². The van der Waals surface area contributed by atoms with Crippen molar-refractivity contribution in [3.63, 3.8) is 0 Å². The molecule has 1 N–H and O–H groups in total. The third-order valence-electron chi connectivity index (χ3n) is 3.22. The molecule has 0 aliphatic heterocycles. The minimum absolute atomic E-state index is 0.492. The molecule has 0 heterocycles. The molecule has 1 fully saturated rings. The molecule has 1 aliphatic rings. The van der Waals surface area contributed by atoms with Crippen molar-refractivity contribution in [3.8, 4) is 0 Å². The summed E-state index contributed by atoms with van der Waals surface area (Å²) in [4.78, 5) is 0. The normalized spacial score (nSPS) is 17.1. The van der Waals surface area contributed by atoms with Gasteiger partial charge in [0.2, 0.25) is 0 Å². The van der Waals surface area contributed by atoms with Gasteiger partial charge in [-0.25, -0.2) is 8.78 Å². The molecule has 3 heteroatoms. The molecule has 1 saturated carbocycles. The van der Waals surface area contributed by atoms with Crippen molar-refractivity contribution < 1.29 is 8.78 Å². The Hall–Kier alpha value is -0.960. The maximum absolute atomic E-state index is 13.0. The standard InChI is InChI=1S/C14H19F2N/c1-10(6-7-17-12-3-4-12)8-11-2-5-13(15)14(16)9-11/h2,5,9-10,12,17H,3-4,6-8H2,1H3. The van der Waals surface area contributed by atoms with Crippen molar-refractivity contribution in [3.05, 3.63) is 35.4 Å². The minimum atomic E-state index is -0.767. The number of hydrogen-bond donors (Lipinski definition) is 1. The van der Waals surface area contributed by atoms with Crippen LogP contribution in [0, 0.1) is 17.6 Å². The average Bonchev–Trinajstić information content (AvgIpc) is 3.07. The summed E-state index contributed by atoms with van der Waals surface area (Å²) in [6.45, 7) is 3.17. The van der Waals surface area contributed by atoms with Gasteiger partial charge in [-0.15, -0.1) is 0 Å². The van der Waals surface area contributed by atoms with Gasteiger partial charge in [0.1, 0.15) is 0 Å². The molecule has 0 amide bonds. The molecule has 0 saturated heterocycles. The Morgan fingerprint density at radius 3 is 2.71 bits per heavy atom. The predicted octanol–water partition coefficient (Wildman–Crippen LogP) is 3.29. The monoisotopic (exact) mass is 239 g/mol. The van der Waals surface area contributed by atoms with Gasteiger partial charge in [-0.3, -0.25) is 0 Å². The fourth-order valence-electron chi connectivity index (χ4n) is 1.99. The molecule has 1 atom stereocenters. The lowest BCUT2D eigenvalue weighted by Crippen LogP contribution is -2.20. The smallest absolute Gasteiger partial charge is 0.159 e. The van der Waals surface area contributed by atoms with E-state index in [9.17, 15) is 8.78 Å².